The molecule has 2 aromatic rings. The predicted molar refractivity (Wildman–Crippen MR) is 108 cm³/mol. The van der Waals surface area contributed by atoms with E-state index < -0.39 is 0 Å². The Kier molecular flexibility index (Phi) is 5.07. The van der Waals surface area contributed by atoms with E-state index in [2.05, 4.69) is 44.1 Å². The first kappa shape index (κ1) is 18.1. The lowest BCUT2D eigenvalue weighted by molar-refractivity contribution is -0.0579. The summed E-state index contributed by atoms with van der Waals surface area (Å²) < 4.78 is 7.31. The van der Waals surface area contributed by atoms with E-state index in [1.807, 2.05) is 11.0 Å². The molecule has 6 heteroatoms. The lowest BCUT2D eigenvalue weighted by atomic mass is 9.74. The van der Waals surface area contributed by atoms with Crippen molar-refractivity contribution in [1.82, 2.24) is 24.6 Å². The van der Waals surface area contributed by atoms with Gasteiger partial charge in [0.2, 0.25) is 0 Å². The zero-order chi connectivity index (χ0) is 18.9. The highest BCUT2D eigenvalue weighted by Gasteiger charge is 2.44. The fourth-order valence-corrected chi connectivity index (χ4v) is 5.87. The number of rotatable bonds is 5. The van der Waals surface area contributed by atoms with Crippen LogP contribution in [0.4, 0.5) is 0 Å². The largest absolute Gasteiger partial charge is 0.497 e. The van der Waals surface area contributed by atoms with Crippen LogP contribution in [0.1, 0.15) is 37.3 Å². The first-order valence-corrected chi connectivity index (χ1v) is 10.7. The van der Waals surface area contributed by atoms with Crippen molar-refractivity contribution in [3.05, 3.63) is 42.5 Å². The van der Waals surface area contributed by atoms with Crippen LogP contribution in [0.2, 0.25) is 0 Å². The zero-order valence-electron chi connectivity index (χ0n) is 16.8. The van der Waals surface area contributed by atoms with Crippen molar-refractivity contribution in [2.24, 2.45) is 11.8 Å². The van der Waals surface area contributed by atoms with Crippen LogP contribution in [0.15, 0.2) is 36.9 Å². The first-order valence-electron chi connectivity index (χ1n) is 10.7. The molecule has 3 fully saturated rings. The predicted octanol–water partition coefficient (Wildman–Crippen LogP) is 2.83. The Balaban J connectivity index is 1.27. The van der Waals surface area contributed by atoms with E-state index in [1.165, 1.54) is 50.9 Å². The minimum atomic E-state index is 0.580. The van der Waals surface area contributed by atoms with Crippen molar-refractivity contribution in [1.29, 1.82) is 0 Å². The van der Waals surface area contributed by atoms with Crippen LogP contribution >= 0.6 is 0 Å². The van der Waals surface area contributed by atoms with E-state index in [9.17, 15) is 0 Å². The minimum absolute atomic E-state index is 0.580. The number of piperidine rings is 3. The topological polar surface area (TPSA) is 46.4 Å². The molecule has 1 aromatic carbocycles. The molecular formula is C22H31N5O. The molecule has 2 bridgehead atoms. The Morgan fingerprint density at radius 1 is 1.07 bits per heavy atom. The lowest BCUT2D eigenvalue weighted by Crippen LogP contribution is -2.59. The number of aromatic nitrogens is 3. The molecule has 0 aliphatic carbocycles. The van der Waals surface area contributed by atoms with Gasteiger partial charge in [0.15, 0.2) is 0 Å². The summed E-state index contributed by atoms with van der Waals surface area (Å²) in [6, 6.07) is 10.1. The van der Waals surface area contributed by atoms with Crippen molar-refractivity contribution in [3.63, 3.8) is 0 Å². The molecule has 6 nitrogen and oxygen atoms in total. The number of nitrogens with zero attached hydrogens (tertiary/aromatic N) is 5. The number of hydrogen-bond donors (Lipinski definition) is 0. The van der Waals surface area contributed by atoms with Crippen LogP contribution < -0.4 is 4.74 Å². The van der Waals surface area contributed by atoms with Crippen molar-refractivity contribution in [3.8, 4) is 5.75 Å². The minimum Gasteiger partial charge on any atom is -0.497 e. The highest BCUT2D eigenvalue weighted by Crippen LogP contribution is 2.44. The van der Waals surface area contributed by atoms with E-state index in [4.69, 9.17) is 4.74 Å². The van der Waals surface area contributed by atoms with Crippen LogP contribution in [-0.4, -0.2) is 63.9 Å². The number of benzene rings is 1. The van der Waals surface area contributed by atoms with Gasteiger partial charge in [-0.15, -0.1) is 0 Å². The molecule has 0 saturated carbocycles. The molecule has 150 valence electrons. The second kappa shape index (κ2) is 7.84. The molecule has 0 N–H and O–H groups in total. The molecule has 4 atom stereocenters. The number of fused-ring (bicyclic) bond motifs is 4. The molecule has 5 rings (SSSR count). The quantitative estimate of drug-likeness (QED) is 0.797. The van der Waals surface area contributed by atoms with Crippen molar-refractivity contribution < 1.29 is 4.74 Å². The number of methoxy groups -OCH3 is 1. The maximum absolute atomic E-state index is 5.36. The van der Waals surface area contributed by atoms with Gasteiger partial charge in [0.05, 0.1) is 13.7 Å². The smallest absolute Gasteiger partial charge is 0.137 e. The fraction of sp³-hybridized carbons (Fsp3) is 0.636. The van der Waals surface area contributed by atoms with Gasteiger partial charge in [0.1, 0.15) is 18.4 Å². The average molecular weight is 382 g/mol. The van der Waals surface area contributed by atoms with Crippen molar-refractivity contribution in [2.45, 2.75) is 44.3 Å². The van der Waals surface area contributed by atoms with Crippen LogP contribution in [0.5, 0.6) is 5.75 Å². The average Bonchev–Trinajstić information content (AvgIpc) is 3.26. The van der Waals surface area contributed by atoms with Crippen LogP contribution in [-0.2, 0) is 6.54 Å². The van der Waals surface area contributed by atoms with Crippen molar-refractivity contribution >= 4 is 0 Å². The summed E-state index contributed by atoms with van der Waals surface area (Å²) in [7, 11) is 1.74. The molecule has 0 radical (unpaired) electrons. The third kappa shape index (κ3) is 3.55. The second-order valence-corrected chi connectivity index (χ2v) is 8.76. The summed E-state index contributed by atoms with van der Waals surface area (Å²) in [6.07, 6.45) is 8.87. The highest BCUT2D eigenvalue weighted by atomic mass is 16.5. The number of ether oxygens (including phenoxy) is 1. The second-order valence-electron chi connectivity index (χ2n) is 8.76. The number of hydrogen-bond acceptors (Lipinski definition) is 5. The van der Waals surface area contributed by atoms with Crippen LogP contribution in [0.25, 0.3) is 0 Å². The van der Waals surface area contributed by atoms with Gasteiger partial charge >= 0.3 is 0 Å². The van der Waals surface area contributed by atoms with Gasteiger partial charge in [-0.3, -0.25) is 9.58 Å². The Bertz CT molecular complexity index is 762. The Hall–Kier alpha value is -1.92. The zero-order valence-corrected chi connectivity index (χ0v) is 16.8. The Morgan fingerprint density at radius 2 is 1.96 bits per heavy atom. The molecule has 4 heterocycles. The molecule has 1 aromatic heterocycles. The number of likely N-dealkylation sites (tertiary alicyclic amines) is 1. The van der Waals surface area contributed by atoms with Gasteiger partial charge in [0, 0.05) is 38.3 Å². The summed E-state index contributed by atoms with van der Waals surface area (Å²) in [5, 5.41) is 4.26. The van der Waals surface area contributed by atoms with E-state index in [0.29, 0.717) is 6.04 Å². The normalized spacial score (nSPS) is 30.8. The van der Waals surface area contributed by atoms with Gasteiger partial charge in [0.25, 0.3) is 0 Å². The van der Waals surface area contributed by atoms with E-state index in [0.717, 1.165) is 36.7 Å². The molecule has 3 aliphatic heterocycles. The fourth-order valence-electron chi connectivity index (χ4n) is 5.87. The SMILES string of the molecule is COc1ccc([C@H]2CCC[C@H]3[C@@H]4C[C@@H](CN(CCn5cncn5)C4)CN23)cc1. The van der Waals surface area contributed by atoms with E-state index in [-0.39, 0.29) is 0 Å². The highest BCUT2D eigenvalue weighted by molar-refractivity contribution is 5.29. The lowest BCUT2D eigenvalue weighted by Gasteiger charge is -2.55. The molecular weight excluding hydrogens is 350 g/mol. The molecule has 3 saturated heterocycles. The van der Waals surface area contributed by atoms with Gasteiger partial charge in [-0.25, -0.2) is 4.98 Å². The third-order valence-corrected chi connectivity index (χ3v) is 7.07. The van der Waals surface area contributed by atoms with Gasteiger partial charge in [-0.2, -0.15) is 5.10 Å². The van der Waals surface area contributed by atoms with E-state index in [1.54, 1.807) is 13.4 Å². The van der Waals surface area contributed by atoms with Crippen LogP contribution in [0, 0.1) is 11.8 Å². The summed E-state index contributed by atoms with van der Waals surface area (Å²) in [5.74, 6) is 2.56. The summed E-state index contributed by atoms with van der Waals surface area (Å²) in [5.41, 5.74) is 1.47. The molecule has 0 unspecified atom stereocenters. The van der Waals surface area contributed by atoms with Crippen molar-refractivity contribution in [2.75, 3.05) is 33.3 Å². The maximum atomic E-state index is 5.36. The summed E-state index contributed by atoms with van der Waals surface area (Å²) >= 11 is 0. The Morgan fingerprint density at radius 3 is 2.75 bits per heavy atom. The van der Waals surface area contributed by atoms with Gasteiger partial charge in [-0.1, -0.05) is 12.1 Å². The van der Waals surface area contributed by atoms with Crippen LogP contribution in [0.3, 0.4) is 0 Å². The maximum Gasteiger partial charge on any atom is 0.137 e. The molecule has 3 aliphatic rings. The molecule has 0 amide bonds. The summed E-state index contributed by atoms with van der Waals surface area (Å²) in [4.78, 5) is 9.60. The summed E-state index contributed by atoms with van der Waals surface area (Å²) in [6.45, 7) is 5.75. The molecule has 0 spiro atoms. The van der Waals surface area contributed by atoms with Gasteiger partial charge < -0.3 is 9.64 Å². The monoisotopic (exact) mass is 381 g/mol. The van der Waals surface area contributed by atoms with E-state index >= 15 is 0 Å². The molecule has 28 heavy (non-hydrogen) atoms. The van der Waals surface area contributed by atoms with Gasteiger partial charge in [-0.05, 0) is 55.2 Å². The Labute approximate surface area is 167 Å². The third-order valence-electron chi connectivity index (χ3n) is 7.07. The first-order chi connectivity index (χ1) is 13.8. The standard InChI is InChI=1S/C22H31N5O/c1-28-20-7-5-18(6-8-20)21-3-2-4-22-19-11-17(13-27(21)22)12-25(14-19)9-10-26-16-23-15-24-26/h5-8,15-17,19,21-22H,2-4,9-14H2,1H3/t17-,19+,21+,22-/m0/s1.